The number of carboxylic acids is 2. The Morgan fingerprint density at radius 2 is 0.812 bits per heavy atom. The van der Waals surface area contributed by atoms with Gasteiger partial charge in [-0.1, -0.05) is 186 Å². The molecule has 4 atom stereocenters. The number of hydrogen-bond acceptors (Lipinski definition) is 12. The number of unbranched alkanes of at least 4 members (excludes halogenated alkanes) is 24. The maximum absolute atomic E-state index is 13.1. The number of allylic oxidation sites excluding steroid dienone is 3. The second-order valence-corrected chi connectivity index (χ2v) is 21.8. The molecule has 0 radical (unpaired) electrons. The van der Waals surface area contributed by atoms with Crippen molar-refractivity contribution in [2.75, 3.05) is 13.2 Å². The predicted molar refractivity (Wildman–Crippen MR) is 318 cm³/mol. The lowest BCUT2D eigenvalue weighted by Crippen LogP contribution is -2.30. The van der Waals surface area contributed by atoms with E-state index in [2.05, 4.69) is 51.2 Å². The van der Waals surface area contributed by atoms with E-state index in [0.717, 1.165) is 154 Å². The maximum atomic E-state index is 13.1. The fourth-order valence-corrected chi connectivity index (χ4v) is 9.29. The molecule has 0 aliphatic rings. The Morgan fingerprint density at radius 1 is 0.412 bits per heavy atom. The van der Waals surface area contributed by atoms with E-state index in [1.807, 2.05) is 6.08 Å². The van der Waals surface area contributed by atoms with Crippen molar-refractivity contribution in [1.82, 2.24) is 0 Å². The van der Waals surface area contributed by atoms with E-state index in [-0.39, 0.29) is 61.8 Å². The van der Waals surface area contributed by atoms with Gasteiger partial charge in [-0.25, -0.2) is 14.4 Å². The van der Waals surface area contributed by atoms with E-state index < -0.39 is 47.6 Å². The summed E-state index contributed by atoms with van der Waals surface area (Å²) in [4.78, 5) is 74.8. The molecule has 1 aromatic carbocycles. The molecule has 0 saturated heterocycles. The van der Waals surface area contributed by atoms with Crippen LogP contribution in [-0.2, 0) is 33.3 Å². The van der Waals surface area contributed by atoms with E-state index in [9.17, 15) is 49.2 Å². The minimum atomic E-state index is -1.41. The largest absolute Gasteiger partial charge is 0.478 e. The summed E-state index contributed by atoms with van der Waals surface area (Å²) in [5.41, 5.74) is -0.826. The summed E-state index contributed by atoms with van der Waals surface area (Å²) in [7, 11) is 0. The van der Waals surface area contributed by atoms with E-state index >= 15 is 0 Å². The molecule has 0 aromatic heterocycles. The quantitative estimate of drug-likeness (QED) is 0.0206. The second-order valence-electron chi connectivity index (χ2n) is 21.8. The van der Waals surface area contributed by atoms with Crippen molar-refractivity contribution in [3.63, 3.8) is 0 Å². The van der Waals surface area contributed by atoms with Crippen molar-refractivity contribution in [3.05, 3.63) is 71.3 Å². The Bertz CT molecular complexity index is 1870. The number of hydrogen-bond donors (Lipinski definition) is 4. The molecule has 4 N–H and O–H groups in total. The van der Waals surface area contributed by atoms with E-state index in [1.165, 1.54) is 50.7 Å². The average molecular weight is 1130 g/mol. The Kier molecular flexibility index (Phi) is 46.7. The molecule has 1 aromatic rings. The van der Waals surface area contributed by atoms with Gasteiger partial charge in [0, 0.05) is 25.7 Å². The topological polar surface area (TPSA) is 220 Å². The normalized spacial score (nSPS) is 13.2. The third-order valence-electron chi connectivity index (χ3n) is 14.3. The van der Waals surface area contributed by atoms with Crippen LogP contribution in [0.1, 0.15) is 302 Å². The molecule has 0 spiro atoms. The summed E-state index contributed by atoms with van der Waals surface area (Å²) in [6.45, 7) is 6.11. The summed E-state index contributed by atoms with van der Waals surface area (Å²) in [5.74, 6) is -4.68. The van der Waals surface area contributed by atoms with Gasteiger partial charge in [0.25, 0.3) is 0 Å². The van der Waals surface area contributed by atoms with Gasteiger partial charge >= 0.3 is 35.8 Å². The van der Waals surface area contributed by atoms with Crippen LogP contribution in [0.3, 0.4) is 0 Å². The van der Waals surface area contributed by atoms with Crippen LogP contribution in [-0.4, -0.2) is 93.9 Å². The highest BCUT2D eigenvalue weighted by molar-refractivity contribution is 6.04. The van der Waals surface area contributed by atoms with Crippen molar-refractivity contribution in [2.24, 2.45) is 0 Å². The molecular formula is C66H108O14. The second kappa shape index (κ2) is 51.1. The third-order valence-corrected chi connectivity index (χ3v) is 14.3. The number of rotatable bonds is 54. The Balaban J connectivity index is 2.53. The van der Waals surface area contributed by atoms with E-state index in [0.29, 0.717) is 44.9 Å². The van der Waals surface area contributed by atoms with E-state index in [1.54, 1.807) is 0 Å². The third kappa shape index (κ3) is 42.1. The number of esters is 4. The Hall–Kier alpha value is -4.82. The van der Waals surface area contributed by atoms with Crippen molar-refractivity contribution in [3.8, 4) is 0 Å². The molecule has 1 rings (SSSR count). The molecule has 4 unspecified atom stereocenters. The first-order chi connectivity index (χ1) is 38.8. The summed E-state index contributed by atoms with van der Waals surface area (Å²) >= 11 is 0. The summed E-state index contributed by atoms with van der Waals surface area (Å²) < 4.78 is 22.6. The van der Waals surface area contributed by atoms with Gasteiger partial charge in [0.05, 0.1) is 28.9 Å². The van der Waals surface area contributed by atoms with Gasteiger partial charge in [0.15, 0.2) is 6.10 Å². The van der Waals surface area contributed by atoms with Gasteiger partial charge in [-0.2, -0.15) is 0 Å². The first-order valence-electron chi connectivity index (χ1n) is 31.4. The molecule has 14 nitrogen and oxygen atoms in total. The number of aromatic carboxylic acids is 2. The van der Waals surface area contributed by atoms with Gasteiger partial charge in [0.1, 0.15) is 19.3 Å². The molecule has 0 heterocycles. The van der Waals surface area contributed by atoms with Gasteiger partial charge < -0.3 is 39.4 Å². The molecule has 80 heavy (non-hydrogen) atoms. The lowest BCUT2D eigenvalue weighted by molar-refractivity contribution is -0.167. The summed E-state index contributed by atoms with van der Waals surface area (Å²) in [5, 5.41) is 39.2. The minimum absolute atomic E-state index is 0.182. The van der Waals surface area contributed by atoms with Crippen molar-refractivity contribution in [2.45, 2.75) is 296 Å². The highest BCUT2D eigenvalue weighted by Gasteiger charge is 2.23. The summed E-state index contributed by atoms with van der Waals surface area (Å²) in [6, 6.07) is 3.35. The van der Waals surface area contributed by atoms with Crippen LogP contribution in [0.4, 0.5) is 0 Å². The Labute approximate surface area is 482 Å². The highest BCUT2D eigenvalue weighted by Crippen LogP contribution is 2.20. The molecule has 14 heteroatoms. The number of ether oxygens (including phenoxy) is 4. The lowest BCUT2D eigenvalue weighted by atomic mass is 10.0. The van der Waals surface area contributed by atoms with Gasteiger partial charge in [-0.15, -0.1) is 0 Å². The molecular weight excluding hydrogens is 1020 g/mol. The van der Waals surface area contributed by atoms with Gasteiger partial charge in [-0.3, -0.25) is 14.4 Å². The number of aliphatic hydroxyl groups is 2. The van der Waals surface area contributed by atoms with Gasteiger partial charge in [-0.05, 0) is 115 Å². The molecule has 0 bridgehead atoms. The average Bonchev–Trinajstić information content (AvgIpc) is 3.45. The van der Waals surface area contributed by atoms with E-state index in [4.69, 9.17) is 18.9 Å². The standard InChI is InChI=1S/C66H108O14/c1-4-7-10-31-40-55(67)42-33-25-19-13-16-22-28-37-46-61(69)77-52-58(79-63(71)48-39-30-24-17-14-20-26-34-43-56(68)41-32-11-8-5-2)53-78-62(70)47-38-29-23-18-15-21-27-36-45-57(44-35-12-9-6-3)80-66(76)59-50-49-54(64(72)73)51-60(59)65(74)75/h25-27,33-34,36,49-51,55-58,67-68H,4-24,28-32,35,37-48,52-53H2,1-3H3,(H,72,73)(H,74,75)/b33-25-,34-26-,36-27-. The molecule has 0 saturated carbocycles. The number of aliphatic hydroxyl groups excluding tert-OH is 2. The number of carbonyl (C=O) groups excluding carboxylic acids is 4. The zero-order valence-electron chi connectivity index (χ0n) is 49.9. The SMILES string of the molecule is CCCCCCC(O)C/C=C\CCCCCCCC(=O)OCC(COC(=O)CCCCCCC/C=C\CC(CCCCCC)OC(=O)c1ccc(C(=O)O)cc1C(=O)O)OC(=O)CCCCCCC/C=C\CC(O)CCCCCC. The van der Waals surface area contributed by atoms with Crippen LogP contribution in [0.5, 0.6) is 0 Å². The number of benzene rings is 1. The molecule has 0 aliphatic heterocycles. The minimum Gasteiger partial charge on any atom is -0.478 e. The molecule has 0 aliphatic carbocycles. The van der Waals surface area contributed by atoms with Crippen LogP contribution in [0.25, 0.3) is 0 Å². The first kappa shape index (κ1) is 73.2. The molecule has 456 valence electrons. The van der Waals surface area contributed by atoms with Crippen molar-refractivity contribution >= 4 is 35.8 Å². The number of carboxylic acid groups (broad SMARTS) is 2. The molecule has 0 fully saturated rings. The number of carbonyl (C=O) groups is 6. The van der Waals surface area contributed by atoms with Crippen molar-refractivity contribution in [1.29, 1.82) is 0 Å². The lowest BCUT2D eigenvalue weighted by Gasteiger charge is -2.18. The van der Waals surface area contributed by atoms with Crippen LogP contribution >= 0.6 is 0 Å². The van der Waals surface area contributed by atoms with Gasteiger partial charge in [0.2, 0.25) is 0 Å². The highest BCUT2D eigenvalue weighted by atomic mass is 16.6. The first-order valence-corrected chi connectivity index (χ1v) is 31.4. The summed E-state index contributed by atoms with van der Waals surface area (Å²) in [6.07, 6.45) is 45.3. The van der Waals surface area contributed by atoms with Crippen molar-refractivity contribution < 1.29 is 68.1 Å². The monoisotopic (exact) mass is 1120 g/mol. The molecule has 0 amide bonds. The van der Waals surface area contributed by atoms with Crippen LogP contribution in [0, 0.1) is 0 Å². The van der Waals surface area contributed by atoms with Crippen LogP contribution in [0.2, 0.25) is 0 Å². The Morgan fingerprint density at radius 3 is 1.25 bits per heavy atom. The zero-order chi connectivity index (χ0) is 58.7. The fraction of sp³-hybridized carbons (Fsp3) is 0.727. The predicted octanol–water partition coefficient (Wildman–Crippen LogP) is 16.3. The van der Waals surface area contributed by atoms with Crippen LogP contribution in [0.15, 0.2) is 54.7 Å². The maximum Gasteiger partial charge on any atom is 0.339 e. The van der Waals surface area contributed by atoms with Crippen LogP contribution < -0.4 is 0 Å². The fourth-order valence-electron chi connectivity index (χ4n) is 9.29. The zero-order valence-corrected chi connectivity index (χ0v) is 49.9. The smallest absolute Gasteiger partial charge is 0.339 e.